The van der Waals surface area contributed by atoms with Crippen molar-refractivity contribution in [1.82, 2.24) is 0 Å². The first-order valence-electron chi connectivity index (χ1n) is 5.89. The molecule has 0 saturated carbocycles. The van der Waals surface area contributed by atoms with Gasteiger partial charge in [-0.3, -0.25) is 4.79 Å². The molecule has 0 aromatic heterocycles. The molecule has 17 heavy (non-hydrogen) atoms. The first kappa shape index (κ1) is 13.7. The topological polar surface area (TPSA) is 52.3 Å². The van der Waals surface area contributed by atoms with Crippen LogP contribution >= 0.6 is 0 Å². The molecule has 0 heterocycles. The van der Waals surface area contributed by atoms with Crippen LogP contribution in [0.3, 0.4) is 0 Å². The summed E-state index contributed by atoms with van der Waals surface area (Å²) >= 11 is 0. The summed E-state index contributed by atoms with van der Waals surface area (Å²) in [5.74, 6) is -0.252. The zero-order chi connectivity index (χ0) is 13.1. The molecule has 0 bridgehead atoms. The Balaban J connectivity index is 2.92. The molecule has 0 radical (unpaired) electrons. The second-order valence-electron chi connectivity index (χ2n) is 4.72. The maximum absolute atomic E-state index is 11.5. The highest BCUT2D eigenvalue weighted by Crippen LogP contribution is 2.26. The van der Waals surface area contributed by atoms with Gasteiger partial charge in [0.1, 0.15) is 0 Å². The number of benzene rings is 1. The number of rotatable bonds is 4. The van der Waals surface area contributed by atoms with Gasteiger partial charge in [0.05, 0.1) is 13.0 Å². The molecule has 1 unspecified atom stereocenters. The van der Waals surface area contributed by atoms with Gasteiger partial charge in [0.2, 0.25) is 0 Å². The molecule has 3 nitrogen and oxygen atoms in total. The standard InChI is InChI=1S/C14H21NO2/c1-5-17-13(16)9-14(4,15)12-7-6-10(2)8-11(12)3/h6-8H,5,9,15H2,1-4H3. The number of nitrogens with two attached hydrogens (primary N) is 1. The summed E-state index contributed by atoms with van der Waals surface area (Å²) in [4.78, 5) is 11.5. The second kappa shape index (κ2) is 5.32. The van der Waals surface area contributed by atoms with Crippen LogP contribution in [0, 0.1) is 13.8 Å². The van der Waals surface area contributed by atoms with Gasteiger partial charge in [0.25, 0.3) is 0 Å². The number of ether oxygens (including phenoxy) is 1. The summed E-state index contributed by atoms with van der Waals surface area (Å²) in [5.41, 5.74) is 8.84. The fourth-order valence-corrected chi connectivity index (χ4v) is 2.06. The van der Waals surface area contributed by atoms with Gasteiger partial charge >= 0.3 is 5.97 Å². The van der Waals surface area contributed by atoms with Crippen molar-refractivity contribution in [3.8, 4) is 0 Å². The summed E-state index contributed by atoms with van der Waals surface area (Å²) in [6.07, 6.45) is 0.199. The molecular formula is C14H21NO2. The second-order valence-corrected chi connectivity index (χ2v) is 4.72. The Kier molecular flexibility index (Phi) is 4.29. The lowest BCUT2D eigenvalue weighted by molar-refractivity contribution is -0.144. The normalized spacial score (nSPS) is 14.2. The Morgan fingerprint density at radius 1 is 1.41 bits per heavy atom. The van der Waals surface area contributed by atoms with E-state index >= 15 is 0 Å². The third kappa shape index (κ3) is 3.56. The Labute approximate surface area is 103 Å². The summed E-state index contributed by atoms with van der Waals surface area (Å²) in [6, 6.07) is 6.08. The maximum atomic E-state index is 11.5. The van der Waals surface area contributed by atoms with Crippen molar-refractivity contribution in [1.29, 1.82) is 0 Å². The summed E-state index contributed by atoms with van der Waals surface area (Å²) < 4.78 is 4.94. The summed E-state index contributed by atoms with van der Waals surface area (Å²) in [5, 5.41) is 0. The summed E-state index contributed by atoms with van der Waals surface area (Å²) in [6.45, 7) is 8.10. The van der Waals surface area contributed by atoms with Gasteiger partial charge in [-0.1, -0.05) is 23.8 Å². The molecular weight excluding hydrogens is 214 g/mol. The van der Waals surface area contributed by atoms with Crippen molar-refractivity contribution in [3.05, 3.63) is 34.9 Å². The molecule has 0 aliphatic heterocycles. The number of esters is 1. The Morgan fingerprint density at radius 2 is 2.06 bits per heavy atom. The molecule has 1 aromatic rings. The van der Waals surface area contributed by atoms with E-state index in [-0.39, 0.29) is 12.4 Å². The van der Waals surface area contributed by atoms with Crippen molar-refractivity contribution >= 4 is 5.97 Å². The van der Waals surface area contributed by atoms with Crippen LogP contribution in [-0.4, -0.2) is 12.6 Å². The minimum absolute atomic E-state index is 0.199. The van der Waals surface area contributed by atoms with Crippen LogP contribution in [-0.2, 0) is 15.1 Å². The first-order chi connectivity index (χ1) is 7.86. The molecule has 0 aliphatic rings. The lowest BCUT2D eigenvalue weighted by atomic mass is 9.86. The molecule has 0 saturated heterocycles. The van der Waals surface area contributed by atoms with Crippen molar-refractivity contribution in [2.75, 3.05) is 6.61 Å². The zero-order valence-corrected chi connectivity index (χ0v) is 11.0. The van der Waals surface area contributed by atoms with E-state index in [0.717, 1.165) is 11.1 Å². The molecule has 0 spiro atoms. The average Bonchev–Trinajstić information content (AvgIpc) is 2.15. The minimum Gasteiger partial charge on any atom is -0.466 e. The molecule has 2 N–H and O–H groups in total. The maximum Gasteiger partial charge on any atom is 0.307 e. The number of carbonyl (C=O) groups is 1. The van der Waals surface area contributed by atoms with E-state index in [2.05, 4.69) is 6.07 Å². The third-order valence-corrected chi connectivity index (χ3v) is 2.81. The third-order valence-electron chi connectivity index (χ3n) is 2.81. The lowest BCUT2D eigenvalue weighted by Crippen LogP contribution is -2.36. The Morgan fingerprint density at radius 3 is 2.59 bits per heavy atom. The van der Waals surface area contributed by atoms with Crippen LogP contribution in [0.1, 0.15) is 37.0 Å². The number of hydrogen-bond acceptors (Lipinski definition) is 3. The molecule has 1 aromatic carbocycles. The first-order valence-corrected chi connectivity index (χ1v) is 5.89. The predicted octanol–water partition coefficient (Wildman–Crippen LogP) is 2.43. The van der Waals surface area contributed by atoms with E-state index in [0.29, 0.717) is 6.61 Å². The lowest BCUT2D eigenvalue weighted by Gasteiger charge is -2.26. The van der Waals surface area contributed by atoms with Gasteiger partial charge in [-0.05, 0) is 38.8 Å². The zero-order valence-electron chi connectivity index (χ0n) is 11.0. The van der Waals surface area contributed by atoms with E-state index in [1.165, 1.54) is 5.56 Å². The van der Waals surface area contributed by atoms with Gasteiger partial charge in [-0.15, -0.1) is 0 Å². The number of carbonyl (C=O) groups excluding carboxylic acids is 1. The molecule has 94 valence electrons. The highest BCUT2D eigenvalue weighted by atomic mass is 16.5. The molecule has 1 rings (SSSR count). The average molecular weight is 235 g/mol. The van der Waals surface area contributed by atoms with Crippen LogP contribution in [0.4, 0.5) is 0 Å². The molecule has 0 aliphatic carbocycles. The van der Waals surface area contributed by atoms with E-state index in [4.69, 9.17) is 10.5 Å². The summed E-state index contributed by atoms with van der Waals surface area (Å²) in [7, 11) is 0. The molecule has 3 heteroatoms. The van der Waals surface area contributed by atoms with Gasteiger partial charge in [-0.25, -0.2) is 0 Å². The van der Waals surface area contributed by atoms with Crippen molar-refractivity contribution in [3.63, 3.8) is 0 Å². The van der Waals surface area contributed by atoms with E-state index < -0.39 is 5.54 Å². The fraction of sp³-hybridized carbons (Fsp3) is 0.500. The van der Waals surface area contributed by atoms with Crippen LogP contribution < -0.4 is 5.73 Å². The number of hydrogen-bond donors (Lipinski definition) is 1. The largest absolute Gasteiger partial charge is 0.466 e. The van der Waals surface area contributed by atoms with Crippen molar-refractivity contribution < 1.29 is 9.53 Å². The van der Waals surface area contributed by atoms with E-state index in [1.54, 1.807) is 6.92 Å². The Hall–Kier alpha value is -1.35. The van der Waals surface area contributed by atoms with Crippen LogP contribution in [0.15, 0.2) is 18.2 Å². The molecule has 0 amide bonds. The van der Waals surface area contributed by atoms with E-state index in [1.807, 2.05) is 32.9 Å². The predicted molar refractivity (Wildman–Crippen MR) is 68.7 cm³/mol. The number of aryl methyl sites for hydroxylation is 2. The smallest absolute Gasteiger partial charge is 0.307 e. The van der Waals surface area contributed by atoms with Crippen LogP contribution in [0.5, 0.6) is 0 Å². The molecule has 0 fully saturated rings. The highest BCUT2D eigenvalue weighted by molar-refractivity contribution is 5.71. The monoisotopic (exact) mass is 235 g/mol. The quantitative estimate of drug-likeness (QED) is 0.815. The minimum atomic E-state index is -0.677. The SMILES string of the molecule is CCOC(=O)CC(C)(N)c1ccc(C)cc1C. The van der Waals surface area contributed by atoms with Crippen molar-refractivity contribution in [2.45, 2.75) is 39.7 Å². The van der Waals surface area contributed by atoms with E-state index in [9.17, 15) is 4.79 Å². The van der Waals surface area contributed by atoms with Gasteiger partial charge in [0, 0.05) is 5.54 Å². The van der Waals surface area contributed by atoms with Crippen LogP contribution in [0.2, 0.25) is 0 Å². The highest BCUT2D eigenvalue weighted by Gasteiger charge is 2.27. The molecule has 1 atom stereocenters. The van der Waals surface area contributed by atoms with Crippen molar-refractivity contribution in [2.24, 2.45) is 5.73 Å². The Bertz CT molecular complexity index is 411. The van der Waals surface area contributed by atoms with Gasteiger partial charge < -0.3 is 10.5 Å². The van der Waals surface area contributed by atoms with Gasteiger partial charge in [0.15, 0.2) is 0 Å². The fourth-order valence-electron chi connectivity index (χ4n) is 2.06. The van der Waals surface area contributed by atoms with Crippen LogP contribution in [0.25, 0.3) is 0 Å². The van der Waals surface area contributed by atoms with Gasteiger partial charge in [-0.2, -0.15) is 0 Å².